The van der Waals surface area contributed by atoms with Crippen LogP contribution in [0.4, 0.5) is 11.4 Å². The molecule has 6 nitrogen and oxygen atoms in total. The summed E-state index contributed by atoms with van der Waals surface area (Å²) in [4.78, 5) is 0.299. The van der Waals surface area contributed by atoms with E-state index in [-0.39, 0.29) is 6.61 Å². The van der Waals surface area contributed by atoms with Crippen LogP contribution in [0, 0.1) is 11.8 Å². The van der Waals surface area contributed by atoms with Crippen molar-refractivity contribution in [3.63, 3.8) is 0 Å². The lowest BCUT2D eigenvalue weighted by Crippen LogP contribution is -2.42. The number of aliphatic hydroxyl groups is 1. The van der Waals surface area contributed by atoms with Crippen LogP contribution in [0.25, 0.3) is 0 Å². The molecule has 162 valence electrons. The number of piperidine rings is 1. The Balaban J connectivity index is 1.61. The lowest BCUT2D eigenvalue weighted by atomic mass is 9.94. The van der Waals surface area contributed by atoms with E-state index in [2.05, 4.69) is 24.5 Å². The van der Waals surface area contributed by atoms with Crippen molar-refractivity contribution in [3.8, 4) is 0 Å². The molecule has 0 aromatic heterocycles. The molecule has 2 atom stereocenters. The quantitative estimate of drug-likeness (QED) is 0.586. The minimum atomic E-state index is -3.49. The highest BCUT2D eigenvalue weighted by atomic mass is 32.2. The smallest absolute Gasteiger partial charge is 0.243 e. The van der Waals surface area contributed by atoms with Gasteiger partial charge >= 0.3 is 0 Å². The average molecular weight is 448 g/mol. The van der Waals surface area contributed by atoms with E-state index in [0.29, 0.717) is 47.0 Å². The van der Waals surface area contributed by atoms with Gasteiger partial charge in [0, 0.05) is 31.1 Å². The molecule has 0 unspecified atom stereocenters. The summed E-state index contributed by atoms with van der Waals surface area (Å²) in [6.07, 6.45) is 1.68. The van der Waals surface area contributed by atoms with Gasteiger partial charge in [-0.25, -0.2) is 8.42 Å². The van der Waals surface area contributed by atoms with Crippen LogP contribution in [0.5, 0.6) is 0 Å². The third-order valence-corrected chi connectivity index (χ3v) is 7.25. The first-order valence-corrected chi connectivity index (χ1v) is 12.0. The Bertz CT molecular complexity index is 950. The van der Waals surface area contributed by atoms with E-state index in [1.165, 1.54) is 0 Å². The molecule has 1 heterocycles. The fraction of sp³-hybridized carbons (Fsp3) is 0.409. The van der Waals surface area contributed by atoms with Gasteiger partial charge in [0.05, 0.1) is 4.90 Å². The number of benzene rings is 2. The average Bonchev–Trinajstić information content (AvgIpc) is 2.69. The largest absolute Gasteiger partial charge is 0.396 e. The number of thiocarbonyl (C=S) groups is 1. The molecule has 0 spiro atoms. The molecule has 0 amide bonds. The number of hydrogen-bond donors (Lipinski definition) is 3. The molecule has 1 fully saturated rings. The van der Waals surface area contributed by atoms with Crippen molar-refractivity contribution < 1.29 is 13.5 Å². The third kappa shape index (κ3) is 5.78. The van der Waals surface area contributed by atoms with Gasteiger partial charge in [-0.15, -0.1) is 0 Å². The highest BCUT2D eigenvalue weighted by Crippen LogP contribution is 2.27. The topological polar surface area (TPSA) is 81.7 Å². The molecule has 1 saturated heterocycles. The minimum Gasteiger partial charge on any atom is -0.396 e. The van der Waals surface area contributed by atoms with Crippen molar-refractivity contribution in [1.82, 2.24) is 4.31 Å². The van der Waals surface area contributed by atoms with Crippen LogP contribution < -0.4 is 10.6 Å². The van der Waals surface area contributed by atoms with Crippen LogP contribution in [0.3, 0.4) is 0 Å². The van der Waals surface area contributed by atoms with Crippen molar-refractivity contribution in [2.75, 3.05) is 30.3 Å². The number of anilines is 2. The summed E-state index contributed by atoms with van der Waals surface area (Å²) in [6, 6.07) is 14.3. The molecule has 8 heteroatoms. The van der Waals surface area contributed by atoms with Crippen LogP contribution in [0.2, 0.25) is 0 Å². The first-order chi connectivity index (χ1) is 14.3. The zero-order valence-corrected chi connectivity index (χ0v) is 19.0. The van der Waals surface area contributed by atoms with E-state index in [1.54, 1.807) is 28.6 Å². The zero-order valence-electron chi connectivity index (χ0n) is 17.3. The van der Waals surface area contributed by atoms with Gasteiger partial charge in [-0.05, 0) is 78.9 Å². The number of nitrogens with zero attached hydrogens (tertiary/aromatic N) is 1. The lowest BCUT2D eigenvalue weighted by molar-refractivity contribution is 0.222. The van der Waals surface area contributed by atoms with E-state index in [0.717, 1.165) is 17.7 Å². The molecule has 2 aromatic carbocycles. The summed E-state index contributed by atoms with van der Waals surface area (Å²) in [5.41, 5.74) is 2.60. The van der Waals surface area contributed by atoms with Gasteiger partial charge in [-0.1, -0.05) is 26.0 Å². The maximum atomic E-state index is 13.0. The fourth-order valence-electron chi connectivity index (χ4n) is 3.84. The number of rotatable bonds is 6. The molecule has 3 N–H and O–H groups in total. The molecule has 0 bridgehead atoms. The van der Waals surface area contributed by atoms with E-state index in [1.807, 2.05) is 24.3 Å². The number of hydrogen-bond acceptors (Lipinski definition) is 4. The van der Waals surface area contributed by atoms with Crippen LogP contribution in [-0.2, 0) is 16.4 Å². The van der Waals surface area contributed by atoms with Crippen molar-refractivity contribution in [2.24, 2.45) is 11.8 Å². The summed E-state index contributed by atoms with van der Waals surface area (Å²) >= 11 is 5.35. The van der Waals surface area contributed by atoms with Crippen molar-refractivity contribution in [3.05, 3.63) is 54.1 Å². The van der Waals surface area contributed by atoms with Crippen LogP contribution in [0.15, 0.2) is 53.4 Å². The van der Waals surface area contributed by atoms with E-state index >= 15 is 0 Å². The fourth-order valence-corrected chi connectivity index (χ4v) is 5.75. The van der Waals surface area contributed by atoms with Gasteiger partial charge in [0.1, 0.15) is 0 Å². The Morgan fingerprint density at radius 3 is 2.00 bits per heavy atom. The molecule has 2 aromatic rings. The number of sulfonamides is 1. The van der Waals surface area contributed by atoms with Crippen molar-refractivity contribution in [2.45, 2.75) is 31.6 Å². The highest BCUT2D eigenvalue weighted by molar-refractivity contribution is 7.89. The summed E-state index contributed by atoms with van der Waals surface area (Å²) in [7, 11) is -3.49. The Morgan fingerprint density at radius 2 is 1.50 bits per heavy atom. The van der Waals surface area contributed by atoms with Crippen molar-refractivity contribution in [1.29, 1.82) is 0 Å². The van der Waals surface area contributed by atoms with Gasteiger partial charge in [-0.2, -0.15) is 4.31 Å². The molecule has 0 saturated carbocycles. The van der Waals surface area contributed by atoms with Gasteiger partial charge in [0.25, 0.3) is 0 Å². The molecular weight excluding hydrogens is 418 g/mol. The molecule has 0 aliphatic carbocycles. The van der Waals surface area contributed by atoms with Gasteiger partial charge in [-0.3, -0.25) is 0 Å². The van der Waals surface area contributed by atoms with Gasteiger partial charge in [0.2, 0.25) is 10.0 Å². The van der Waals surface area contributed by atoms with Gasteiger partial charge < -0.3 is 15.7 Å². The highest BCUT2D eigenvalue weighted by Gasteiger charge is 2.31. The Kier molecular flexibility index (Phi) is 7.46. The summed E-state index contributed by atoms with van der Waals surface area (Å²) in [5, 5.41) is 15.6. The molecular formula is C22H29N3O3S2. The van der Waals surface area contributed by atoms with E-state index < -0.39 is 10.0 Å². The minimum absolute atomic E-state index is 0.119. The normalized spacial score (nSPS) is 20.0. The Morgan fingerprint density at radius 1 is 1.00 bits per heavy atom. The predicted molar refractivity (Wildman–Crippen MR) is 125 cm³/mol. The number of aliphatic hydroxyl groups excluding tert-OH is 1. The molecule has 0 radical (unpaired) electrons. The van der Waals surface area contributed by atoms with Crippen LogP contribution in [-0.4, -0.2) is 42.6 Å². The maximum Gasteiger partial charge on any atom is 0.243 e. The second kappa shape index (κ2) is 9.87. The predicted octanol–water partition coefficient (Wildman–Crippen LogP) is 3.70. The Labute approximate surface area is 184 Å². The number of nitrogens with one attached hydrogen (secondary N) is 2. The first-order valence-electron chi connectivity index (χ1n) is 10.2. The van der Waals surface area contributed by atoms with Crippen LogP contribution in [0.1, 0.15) is 25.8 Å². The standard InChI is InChI=1S/C22H29N3O3S2/c1-16-13-17(2)15-25(14-16)30(27,28)21-9-7-20(8-10-21)24-22(29)23-19-5-3-18(4-6-19)11-12-26/h3-10,16-17,26H,11-15H2,1-2H3,(H2,23,24,29)/t16-,17-/m1/s1. The SMILES string of the molecule is C[C@@H]1C[C@@H](C)CN(S(=O)(=O)c2ccc(NC(=S)Nc3ccc(CCO)cc3)cc2)C1. The van der Waals surface area contributed by atoms with Crippen molar-refractivity contribution >= 4 is 38.7 Å². The molecule has 1 aliphatic rings. The second-order valence-electron chi connectivity index (χ2n) is 8.04. The van der Waals surface area contributed by atoms with Gasteiger partial charge in [0.15, 0.2) is 5.11 Å². The molecule has 3 rings (SSSR count). The lowest BCUT2D eigenvalue weighted by Gasteiger charge is -2.34. The van der Waals surface area contributed by atoms with E-state index in [9.17, 15) is 8.42 Å². The monoisotopic (exact) mass is 447 g/mol. The zero-order chi connectivity index (χ0) is 21.7. The Hall–Kier alpha value is -2.00. The third-order valence-electron chi connectivity index (χ3n) is 5.20. The second-order valence-corrected chi connectivity index (χ2v) is 10.4. The molecule has 1 aliphatic heterocycles. The summed E-state index contributed by atoms with van der Waals surface area (Å²) in [5.74, 6) is 0.733. The summed E-state index contributed by atoms with van der Waals surface area (Å²) in [6.45, 7) is 5.45. The first kappa shape index (κ1) is 22.7. The summed E-state index contributed by atoms with van der Waals surface area (Å²) < 4.78 is 27.6. The molecule has 30 heavy (non-hydrogen) atoms. The van der Waals surface area contributed by atoms with Crippen LogP contribution >= 0.6 is 12.2 Å². The van der Waals surface area contributed by atoms with E-state index in [4.69, 9.17) is 17.3 Å². The maximum absolute atomic E-state index is 13.0.